The maximum atomic E-state index is 5.25. The third kappa shape index (κ3) is 6.29. The molecule has 7 heteroatoms. The van der Waals surface area contributed by atoms with Gasteiger partial charge in [0.2, 0.25) is 5.95 Å². The Bertz CT molecular complexity index is 4240. The van der Waals surface area contributed by atoms with E-state index in [0.717, 1.165) is 111 Å². The summed E-state index contributed by atoms with van der Waals surface area (Å²) < 4.78 is 6.87. The molecule has 0 radical (unpaired) electrons. The van der Waals surface area contributed by atoms with Crippen molar-refractivity contribution in [1.29, 1.82) is 0 Å². The third-order valence-corrected chi connectivity index (χ3v) is 13.6. The SMILES string of the molecule is c1ccc(-c2cc(-c3ccccc3)nc(-n3c4ccccc4c4cc(-c5ccc6c7ccccc7n(-c7cncc(-c8ccc9c(c8)c8ncccc8n9-c8ccccc8)c7)c6c5)ccc43)n2)cc1. The van der Waals surface area contributed by atoms with Crippen LogP contribution in [0.4, 0.5) is 0 Å². The standard InChI is InChI=1S/C62H39N7/c1-4-15-40(16-5-1)53-37-54(41-17-6-2-7-18-41)66-62(65-53)69-56-24-13-11-22-49(56)51-34-42(27-30-57(51)69)44-26-29-50-48-21-10-12-23-55(48)68(60(50)36-44)47-33-45(38-63-39-47)43-28-31-58-52(35-43)61-59(25-14-32-64-61)67(58)46-19-8-3-9-20-46/h1-39H. The topological polar surface area (TPSA) is 66.3 Å². The number of nitrogens with zero attached hydrogens (tertiary/aromatic N) is 7. The second-order valence-corrected chi connectivity index (χ2v) is 17.5. The van der Waals surface area contributed by atoms with E-state index < -0.39 is 0 Å². The van der Waals surface area contributed by atoms with Crippen LogP contribution in [-0.4, -0.2) is 33.6 Å². The van der Waals surface area contributed by atoms with Gasteiger partial charge in [-0.15, -0.1) is 0 Å². The molecule has 0 atom stereocenters. The van der Waals surface area contributed by atoms with Gasteiger partial charge in [-0.05, 0) is 95.6 Å². The van der Waals surface area contributed by atoms with Crippen LogP contribution in [0, 0.1) is 0 Å². The average Bonchev–Trinajstić information content (AvgIpc) is 4.06. The Morgan fingerprint density at radius 1 is 0.290 bits per heavy atom. The Morgan fingerprint density at radius 3 is 1.54 bits per heavy atom. The van der Waals surface area contributed by atoms with Crippen molar-refractivity contribution in [2.45, 2.75) is 0 Å². The predicted molar refractivity (Wildman–Crippen MR) is 282 cm³/mol. The predicted octanol–water partition coefficient (Wildman–Crippen LogP) is 15.2. The number of fused-ring (bicyclic) bond motifs is 9. The van der Waals surface area contributed by atoms with Crippen LogP contribution in [0.1, 0.15) is 0 Å². The van der Waals surface area contributed by atoms with Crippen LogP contribution in [0.5, 0.6) is 0 Å². The van der Waals surface area contributed by atoms with E-state index in [9.17, 15) is 0 Å². The first-order valence-electron chi connectivity index (χ1n) is 23.2. The second kappa shape index (κ2) is 15.6. The molecule has 0 saturated carbocycles. The van der Waals surface area contributed by atoms with Gasteiger partial charge in [0.15, 0.2) is 0 Å². The number of para-hydroxylation sites is 3. The minimum atomic E-state index is 0.631. The first-order valence-corrected chi connectivity index (χ1v) is 23.2. The highest BCUT2D eigenvalue weighted by atomic mass is 15.2. The molecule has 0 aliphatic rings. The lowest BCUT2D eigenvalue weighted by molar-refractivity contribution is 0.995. The maximum absolute atomic E-state index is 5.25. The number of benzene rings is 8. The van der Waals surface area contributed by atoms with Gasteiger partial charge < -0.3 is 9.13 Å². The van der Waals surface area contributed by atoms with Crippen LogP contribution in [-0.2, 0) is 0 Å². The van der Waals surface area contributed by atoms with Gasteiger partial charge in [0, 0.05) is 61.7 Å². The van der Waals surface area contributed by atoms with E-state index >= 15 is 0 Å². The molecule has 0 aliphatic carbocycles. The Labute approximate surface area is 396 Å². The van der Waals surface area contributed by atoms with Gasteiger partial charge in [0.1, 0.15) is 0 Å². The molecule has 322 valence electrons. The molecular formula is C62H39N7. The van der Waals surface area contributed by atoms with Crippen molar-refractivity contribution in [3.63, 3.8) is 0 Å². The molecule has 69 heavy (non-hydrogen) atoms. The fourth-order valence-corrected chi connectivity index (χ4v) is 10.4. The zero-order valence-electron chi connectivity index (χ0n) is 37.1. The van der Waals surface area contributed by atoms with E-state index in [-0.39, 0.29) is 0 Å². The van der Waals surface area contributed by atoms with Gasteiger partial charge in [-0.25, -0.2) is 9.97 Å². The Morgan fingerprint density at radius 2 is 0.812 bits per heavy atom. The van der Waals surface area contributed by atoms with E-state index in [0.29, 0.717) is 5.95 Å². The van der Waals surface area contributed by atoms with Crippen molar-refractivity contribution in [3.8, 4) is 62.1 Å². The lowest BCUT2D eigenvalue weighted by Gasteiger charge is -2.12. The lowest BCUT2D eigenvalue weighted by Crippen LogP contribution is -2.03. The van der Waals surface area contributed by atoms with Gasteiger partial charge in [-0.1, -0.05) is 140 Å². The van der Waals surface area contributed by atoms with Crippen molar-refractivity contribution in [2.75, 3.05) is 0 Å². The summed E-state index contributed by atoms with van der Waals surface area (Å²) in [7, 11) is 0. The van der Waals surface area contributed by atoms with Gasteiger partial charge in [-0.3, -0.25) is 14.5 Å². The summed E-state index contributed by atoms with van der Waals surface area (Å²) in [5.74, 6) is 0.631. The molecule has 6 heterocycles. The normalized spacial score (nSPS) is 11.8. The second-order valence-electron chi connectivity index (χ2n) is 17.5. The highest BCUT2D eigenvalue weighted by Crippen LogP contribution is 2.40. The van der Waals surface area contributed by atoms with Gasteiger partial charge in [0.05, 0.1) is 61.9 Å². The van der Waals surface area contributed by atoms with E-state index in [2.05, 4.69) is 214 Å². The van der Waals surface area contributed by atoms with E-state index in [1.165, 1.54) is 10.8 Å². The summed E-state index contributed by atoms with van der Waals surface area (Å²) in [5, 5.41) is 5.75. The monoisotopic (exact) mass is 881 g/mol. The van der Waals surface area contributed by atoms with E-state index in [1.807, 2.05) is 36.8 Å². The largest absolute Gasteiger partial charge is 0.308 e. The van der Waals surface area contributed by atoms with Crippen molar-refractivity contribution < 1.29 is 0 Å². The van der Waals surface area contributed by atoms with Gasteiger partial charge >= 0.3 is 0 Å². The number of hydrogen-bond donors (Lipinski definition) is 0. The molecule has 0 saturated heterocycles. The number of hydrogen-bond acceptors (Lipinski definition) is 4. The fourth-order valence-electron chi connectivity index (χ4n) is 10.4. The number of pyridine rings is 2. The summed E-state index contributed by atoms with van der Waals surface area (Å²) in [4.78, 5) is 20.3. The van der Waals surface area contributed by atoms with Crippen LogP contribution < -0.4 is 0 Å². The van der Waals surface area contributed by atoms with Gasteiger partial charge in [-0.2, -0.15) is 0 Å². The minimum absolute atomic E-state index is 0.631. The average molecular weight is 882 g/mol. The molecule has 0 amide bonds. The quantitative estimate of drug-likeness (QED) is 0.160. The van der Waals surface area contributed by atoms with Crippen molar-refractivity contribution in [2.24, 2.45) is 0 Å². The number of aromatic nitrogens is 7. The molecule has 0 spiro atoms. The minimum Gasteiger partial charge on any atom is -0.308 e. The third-order valence-electron chi connectivity index (χ3n) is 13.6. The first-order chi connectivity index (χ1) is 34.2. The molecule has 0 unspecified atom stereocenters. The van der Waals surface area contributed by atoms with Crippen LogP contribution in [0.3, 0.4) is 0 Å². The summed E-state index contributed by atoms with van der Waals surface area (Å²) in [6.07, 6.45) is 5.81. The summed E-state index contributed by atoms with van der Waals surface area (Å²) in [5.41, 5.74) is 17.8. The van der Waals surface area contributed by atoms with E-state index in [1.54, 1.807) is 0 Å². The molecule has 0 bridgehead atoms. The highest BCUT2D eigenvalue weighted by Gasteiger charge is 2.20. The molecular weight excluding hydrogens is 843 g/mol. The molecule has 14 aromatic rings. The molecule has 6 aromatic heterocycles. The molecule has 7 nitrogen and oxygen atoms in total. The molecule has 0 N–H and O–H groups in total. The molecule has 8 aromatic carbocycles. The first kappa shape index (κ1) is 38.8. The molecule has 0 aliphatic heterocycles. The Hall–Kier alpha value is -9.46. The zero-order chi connectivity index (χ0) is 45.4. The van der Waals surface area contributed by atoms with Crippen molar-refractivity contribution in [1.82, 2.24) is 33.6 Å². The molecule has 0 fully saturated rings. The van der Waals surface area contributed by atoms with Gasteiger partial charge in [0.25, 0.3) is 0 Å². The zero-order valence-corrected chi connectivity index (χ0v) is 37.1. The fraction of sp³-hybridized carbons (Fsp3) is 0. The Kier molecular flexibility index (Phi) is 8.75. The Balaban J connectivity index is 0.904. The maximum Gasteiger partial charge on any atom is 0.235 e. The van der Waals surface area contributed by atoms with Crippen LogP contribution >= 0.6 is 0 Å². The van der Waals surface area contributed by atoms with Crippen molar-refractivity contribution >= 4 is 65.5 Å². The summed E-state index contributed by atoms with van der Waals surface area (Å²) in [6.45, 7) is 0. The van der Waals surface area contributed by atoms with E-state index in [4.69, 9.17) is 19.9 Å². The van der Waals surface area contributed by atoms with Crippen LogP contribution in [0.15, 0.2) is 237 Å². The smallest absolute Gasteiger partial charge is 0.235 e. The van der Waals surface area contributed by atoms with Crippen LogP contribution in [0.2, 0.25) is 0 Å². The lowest BCUT2D eigenvalue weighted by atomic mass is 10.0. The summed E-state index contributed by atoms with van der Waals surface area (Å²) >= 11 is 0. The van der Waals surface area contributed by atoms with Crippen molar-refractivity contribution in [3.05, 3.63) is 237 Å². The summed E-state index contributed by atoms with van der Waals surface area (Å²) in [6, 6.07) is 77.2. The number of rotatable bonds is 7. The van der Waals surface area contributed by atoms with Crippen LogP contribution in [0.25, 0.3) is 128 Å². The highest BCUT2D eigenvalue weighted by molar-refractivity contribution is 6.13. The molecule has 14 rings (SSSR count).